The highest BCUT2D eigenvalue weighted by atomic mass is 35.5. The summed E-state index contributed by atoms with van der Waals surface area (Å²) in [7, 11) is 1.99. The van der Waals surface area contributed by atoms with E-state index in [1.807, 2.05) is 25.6 Å². The number of rotatable bonds is 3. The summed E-state index contributed by atoms with van der Waals surface area (Å²) < 4.78 is 4.26. The standard InChI is InChI=1S/C13H19ClN4/c1-5-9-6-10(9)18-12(7(2)14)15-11-8(3)16-17(4)13(11)18/h7,9-10H,5-6H2,1-4H3. The highest BCUT2D eigenvalue weighted by molar-refractivity contribution is 6.20. The zero-order valence-corrected chi connectivity index (χ0v) is 12.1. The van der Waals surface area contributed by atoms with Crippen molar-refractivity contribution in [2.45, 2.75) is 45.0 Å². The number of hydrogen-bond donors (Lipinski definition) is 0. The molecule has 3 unspecified atom stereocenters. The average molecular weight is 267 g/mol. The molecule has 0 bridgehead atoms. The molecule has 4 nitrogen and oxygen atoms in total. The summed E-state index contributed by atoms with van der Waals surface area (Å²) in [5.74, 6) is 1.76. The van der Waals surface area contributed by atoms with Gasteiger partial charge in [-0.1, -0.05) is 13.3 Å². The Kier molecular flexibility index (Phi) is 2.66. The first-order chi connectivity index (χ1) is 8.54. The normalized spacial score (nSPS) is 24.7. The molecule has 0 spiro atoms. The van der Waals surface area contributed by atoms with E-state index in [4.69, 9.17) is 16.6 Å². The molecule has 2 aromatic rings. The fourth-order valence-electron chi connectivity index (χ4n) is 2.91. The first kappa shape index (κ1) is 12.0. The summed E-state index contributed by atoms with van der Waals surface area (Å²) in [6, 6.07) is 0.561. The van der Waals surface area contributed by atoms with E-state index in [1.165, 1.54) is 12.8 Å². The van der Waals surface area contributed by atoms with Gasteiger partial charge in [0.2, 0.25) is 0 Å². The molecule has 1 fully saturated rings. The second-order valence-corrected chi connectivity index (χ2v) is 5.96. The summed E-state index contributed by atoms with van der Waals surface area (Å²) in [4.78, 5) is 4.71. The van der Waals surface area contributed by atoms with Crippen LogP contribution in [0, 0.1) is 12.8 Å². The van der Waals surface area contributed by atoms with Gasteiger partial charge in [0, 0.05) is 13.1 Å². The van der Waals surface area contributed by atoms with Crippen LogP contribution in [0.25, 0.3) is 11.2 Å². The van der Waals surface area contributed by atoms with E-state index in [1.54, 1.807) is 0 Å². The number of hydrogen-bond acceptors (Lipinski definition) is 2. The van der Waals surface area contributed by atoms with Gasteiger partial charge in [-0.05, 0) is 26.2 Å². The Hall–Kier alpha value is -1.03. The topological polar surface area (TPSA) is 35.6 Å². The number of fused-ring (bicyclic) bond motifs is 1. The van der Waals surface area contributed by atoms with Gasteiger partial charge < -0.3 is 4.57 Å². The number of aryl methyl sites for hydroxylation is 2. The van der Waals surface area contributed by atoms with Gasteiger partial charge in [-0.15, -0.1) is 11.6 Å². The summed E-state index contributed by atoms with van der Waals surface area (Å²) in [5.41, 5.74) is 3.11. The molecule has 0 aromatic carbocycles. The minimum Gasteiger partial charge on any atom is -0.308 e. The molecule has 0 aliphatic heterocycles. The molecule has 0 N–H and O–H groups in total. The molecule has 5 heteroatoms. The van der Waals surface area contributed by atoms with E-state index in [2.05, 4.69) is 16.6 Å². The molecule has 0 saturated heterocycles. The Morgan fingerprint density at radius 2 is 2.22 bits per heavy atom. The predicted molar refractivity (Wildman–Crippen MR) is 72.9 cm³/mol. The molecule has 98 valence electrons. The SMILES string of the molecule is CCC1CC1n1c(C(C)Cl)nc2c(C)nn(C)c21. The molecule has 1 saturated carbocycles. The summed E-state index contributed by atoms with van der Waals surface area (Å²) in [6.07, 6.45) is 2.46. The van der Waals surface area contributed by atoms with Crippen molar-refractivity contribution < 1.29 is 0 Å². The molecule has 0 radical (unpaired) electrons. The Labute approximate surface area is 112 Å². The fourth-order valence-corrected chi connectivity index (χ4v) is 3.06. The monoisotopic (exact) mass is 266 g/mol. The summed E-state index contributed by atoms with van der Waals surface area (Å²) in [5, 5.41) is 4.40. The molecular formula is C13H19ClN4. The Morgan fingerprint density at radius 3 is 2.78 bits per heavy atom. The minimum absolute atomic E-state index is 0.0603. The van der Waals surface area contributed by atoms with Gasteiger partial charge in [0.1, 0.15) is 11.3 Å². The van der Waals surface area contributed by atoms with Gasteiger partial charge >= 0.3 is 0 Å². The number of aromatic nitrogens is 4. The lowest BCUT2D eigenvalue weighted by Gasteiger charge is -2.10. The number of alkyl halides is 1. The summed E-state index contributed by atoms with van der Waals surface area (Å²) in [6.45, 7) is 6.25. The van der Waals surface area contributed by atoms with Crippen molar-refractivity contribution in [2.24, 2.45) is 13.0 Å². The van der Waals surface area contributed by atoms with E-state index < -0.39 is 0 Å². The van der Waals surface area contributed by atoms with Crippen LogP contribution in [0.5, 0.6) is 0 Å². The Bertz CT molecular complexity index is 596. The highest BCUT2D eigenvalue weighted by Crippen LogP contribution is 2.48. The Balaban J connectivity index is 2.22. The quantitative estimate of drug-likeness (QED) is 0.799. The van der Waals surface area contributed by atoms with Gasteiger partial charge in [0.15, 0.2) is 5.65 Å². The zero-order chi connectivity index (χ0) is 13.0. The van der Waals surface area contributed by atoms with Gasteiger partial charge in [0.25, 0.3) is 0 Å². The second kappa shape index (κ2) is 3.98. The van der Waals surface area contributed by atoms with Crippen molar-refractivity contribution in [2.75, 3.05) is 0 Å². The van der Waals surface area contributed by atoms with Crippen molar-refractivity contribution in [1.82, 2.24) is 19.3 Å². The van der Waals surface area contributed by atoms with E-state index in [0.717, 1.165) is 28.6 Å². The molecule has 3 atom stereocenters. The van der Waals surface area contributed by atoms with E-state index in [-0.39, 0.29) is 5.38 Å². The first-order valence-electron chi connectivity index (χ1n) is 6.60. The largest absolute Gasteiger partial charge is 0.308 e. The molecule has 1 aliphatic rings. The highest BCUT2D eigenvalue weighted by Gasteiger charge is 2.40. The van der Waals surface area contributed by atoms with E-state index in [9.17, 15) is 0 Å². The van der Waals surface area contributed by atoms with Gasteiger partial charge in [-0.25, -0.2) is 4.98 Å². The number of imidazole rings is 1. The third kappa shape index (κ3) is 1.58. The van der Waals surface area contributed by atoms with Crippen molar-refractivity contribution in [3.63, 3.8) is 0 Å². The third-order valence-electron chi connectivity index (χ3n) is 3.96. The summed E-state index contributed by atoms with van der Waals surface area (Å²) >= 11 is 6.29. The van der Waals surface area contributed by atoms with Crippen molar-refractivity contribution in [3.8, 4) is 0 Å². The second-order valence-electron chi connectivity index (χ2n) is 5.31. The minimum atomic E-state index is -0.0603. The maximum Gasteiger partial charge on any atom is 0.158 e. The first-order valence-corrected chi connectivity index (χ1v) is 7.03. The Morgan fingerprint density at radius 1 is 1.50 bits per heavy atom. The third-order valence-corrected chi connectivity index (χ3v) is 4.15. The molecule has 2 heterocycles. The maximum absolute atomic E-state index is 6.29. The van der Waals surface area contributed by atoms with Gasteiger partial charge in [-0.3, -0.25) is 4.68 Å². The van der Waals surface area contributed by atoms with Crippen LogP contribution in [-0.4, -0.2) is 19.3 Å². The molecule has 3 rings (SSSR count). The van der Waals surface area contributed by atoms with Crippen molar-refractivity contribution in [1.29, 1.82) is 0 Å². The van der Waals surface area contributed by atoms with Crippen molar-refractivity contribution >= 4 is 22.8 Å². The van der Waals surface area contributed by atoms with Crippen LogP contribution in [0.15, 0.2) is 0 Å². The molecule has 2 aromatic heterocycles. The number of nitrogens with zero attached hydrogens (tertiary/aromatic N) is 4. The lowest BCUT2D eigenvalue weighted by molar-refractivity contribution is 0.604. The lowest BCUT2D eigenvalue weighted by Crippen LogP contribution is -2.07. The zero-order valence-electron chi connectivity index (χ0n) is 11.3. The maximum atomic E-state index is 6.29. The molecule has 1 aliphatic carbocycles. The van der Waals surface area contributed by atoms with Crippen LogP contribution in [0.4, 0.5) is 0 Å². The predicted octanol–water partition coefficient (Wildman–Crippen LogP) is 3.35. The van der Waals surface area contributed by atoms with Crippen LogP contribution >= 0.6 is 11.6 Å². The van der Waals surface area contributed by atoms with Gasteiger partial charge in [0.05, 0.1) is 11.1 Å². The fraction of sp³-hybridized carbons (Fsp3) is 0.692. The van der Waals surface area contributed by atoms with E-state index in [0.29, 0.717) is 6.04 Å². The van der Waals surface area contributed by atoms with Crippen LogP contribution in [-0.2, 0) is 7.05 Å². The van der Waals surface area contributed by atoms with Crippen LogP contribution in [0.3, 0.4) is 0 Å². The van der Waals surface area contributed by atoms with Gasteiger partial charge in [-0.2, -0.15) is 5.10 Å². The molecular weight excluding hydrogens is 248 g/mol. The molecule has 0 amide bonds. The number of halogens is 1. The van der Waals surface area contributed by atoms with E-state index >= 15 is 0 Å². The van der Waals surface area contributed by atoms with Crippen LogP contribution < -0.4 is 0 Å². The van der Waals surface area contributed by atoms with Crippen molar-refractivity contribution in [3.05, 3.63) is 11.5 Å². The smallest absolute Gasteiger partial charge is 0.158 e. The lowest BCUT2D eigenvalue weighted by atomic mass is 10.3. The van der Waals surface area contributed by atoms with Crippen LogP contribution in [0.1, 0.15) is 49.6 Å². The molecule has 18 heavy (non-hydrogen) atoms. The average Bonchev–Trinajstić information content (AvgIpc) is 2.89. The van der Waals surface area contributed by atoms with Crippen LogP contribution in [0.2, 0.25) is 0 Å².